The Hall–Kier alpha value is -3.10. The Morgan fingerprint density at radius 2 is 1.82 bits per heavy atom. The van der Waals surface area contributed by atoms with Gasteiger partial charge in [-0.2, -0.15) is 5.10 Å². The van der Waals surface area contributed by atoms with Crippen LogP contribution in [0.3, 0.4) is 0 Å². The van der Waals surface area contributed by atoms with Crippen molar-refractivity contribution in [3.05, 3.63) is 36.4 Å². The number of H-pyrrole nitrogens is 2. The van der Waals surface area contributed by atoms with Gasteiger partial charge in [0.1, 0.15) is 17.5 Å². The van der Waals surface area contributed by atoms with Crippen molar-refractivity contribution in [1.29, 1.82) is 0 Å². The molecule has 2 aromatic carbocycles. The molecule has 172 valence electrons. The number of hydrogen-bond acceptors (Lipinski definition) is 6. The fraction of sp³-hybridized carbons (Fsp3) is 0.440. The van der Waals surface area contributed by atoms with Gasteiger partial charge in [-0.05, 0) is 69.9 Å². The Morgan fingerprint density at radius 1 is 0.939 bits per heavy atom. The van der Waals surface area contributed by atoms with Crippen molar-refractivity contribution in [2.24, 2.45) is 0 Å². The largest absolute Gasteiger partial charge is 0.489 e. The number of hydrogen-bond donors (Lipinski definition) is 2. The summed E-state index contributed by atoms with van der Waals surface area (Å²) in [6.45, 7) is 6.39. The van der Waals surface area contributed by atoms with E-state index in [0.717, 1.165) is 84.9 Å². The van der Waals surface area contributed by atoms with Gasteiger partial charge in [0.25, 0.3) is 0 Å². The number of aromatic nitrogens is 4. The number of benzene rings is 2. The van der Waals surface area contributed by atoms with E-state index in [2.05, 4.69) is 68.2 Å². The first-order valence-corrected chi connectivity index (χ1v) is 11.9. The minimum Gasteiger partial charge on any atom is -0.489 e. The van der Waals surface area contributed by atoms with Crippen molar-refractivity contribution in [1.82, 2.24) is 30.0 Å². The first kappa shape index (κ1) is 20.5. The third kappa shape index (κ3) is 4.05. The molecular weight excluding hydrogens is 414 g/mol. The van der Waals surface area contributed by atoms with Gasteiger partial charge in [0, 0.05) is 43.8 Å². The second-order valence-corrected chi connectivity index (χ2v) is 9.50. The molecule has 2 aliphatic heterocycles. The minimum atomic E-state index is 0.232. The summed E-state index contributed by atoms with van der Waals surface area (Å²) in [4.78, 5) is 15.5. The van der Waals surface area contributed by atoms with E-state index in [-0.39, 0.29) is 6.10 Å². The minimum absolute atomic E-state index is 0.232. The quantitative estimate of drug-likeness (QED) is 0.502. The maximum absolute atomic E-state index is 6.32. The molecule has 2 N–H and O–H groups in total. The van der Waals surface area contributed by atoms with Gasteiger partial charge >= 0.3 is 0 Å². The first-order valence-electron chi connectivity index (χ1n) is 11.9. The van der Waals surface area contributed by atoms with Gasteiger partial charge in [-0.1, -0.05) is 0 Å². The molecule has 2 aliphatic rings. The topological polar surface area (TPSA) is 76.3 Å². The van der Waals surface area contributed by atoms with E-state index >= 15 is 0 Å². The SMILES string of the molecule is CN1CCN(c2ccc3nc(-c4n[nH]c5ccc(OC6CCCN(C)C6)cc45)[nH]c3c2)CC1. The molecule has 0 bridgehead atoms. The van der Waals surface area contributed by atoms with E-state index < -0.39 is 0 Å². The van der Waals surface area contributed by atoms with Crippen molar-refractivity contribution in [2.75, 3.05) is 58.3 Å². The summed E-state index contributed by atoms with van der Waals surface area (Å²) in [5.41, 5.74) is 5.04. The first-order chi connectivity index (χ1) is 16.1. The van der Waals surface area contributed by atoms with E-state index in [9.17, 15) is 0 Å². The van der Waals surface area contributed by atoms with Crippen LogP contribution in [0.1, 0.15) is 12.8 Å². The van der Waals surface area contributed by atoms with E-state index in [1.54, 1.807) is 0 Å². The third-order valence-electron chi connectivity index (χ3n) is 6.98. The van der Waals surface area contributed by atoms with Crippen LogP contribution in [0.4, 0.5) is 5.69 Å². The van der Waals surface area contributed by atoms with Gasteiger partial charge < -0.3 is 24.4 Å². The zero-order valence-electron chi connectivity index (χ0n) is 19.3. The fourth-order valence-electron chi connectivity index (χ4n) is 5.03. The number of piperidine rings is 1. The Morgan fingerprint density at radius 3 is 2.67 bits per heavy atom. The number of rotatable bonds is 4. The lowest BCUT2D eigenvalue weighted by molar-refractivity contribution is 0.104. The molecule has 4 aromatic rings. The van der Waals surface area contributed by atoms with Gasteiger partial charge in [0.05, 0.1) is 16.6 Å². The third-order valence-corrected chi connectivity index (χ3v) is 6.98. The van der Waals surface area contributed by atoms with Crippen molar-refractivity contribution >= 4 is 27.6 Å². The van der Waals surface area contributed by atoms with Gasteiger partial charge in [-0.25, -0.2) is 4.98 Å². The highest BCUT2D eigenvalue weighted by Gasteiger charge is 2.20. The number of nitrogens with one attached hydrogen (secondary N) is 2. The average Bonchev–Trinajstić information content (AvgIpc) is 3.42. The van der Waals surface area contributed by atoms with Crippen LogP contribution in [-0.2, 0) is 0 Å². The summed E-state index contributed by atoms with van der Waals surface area (Å²) in [7, 11) is 4.34. The number of ether oxygens (including phenoxy) is 1. The lowest BCUT2D eigenvalue weighted by atomic mass is 10.1. The molecule has 4 heterocycles. The summed E-state index contributed by atoms with van der Waals surface area (Å²) in [5.74, 6) is 1.67. The Balaban J connectivity index is 1.29. The highest BCUT2D eigenvalue weighted by Crippen LogP contribution is 2.31. The summed E-state index contributed by atoms with van der Waals surface area (Å²) >= 11 is 0. The maximum Gasteiger partial charge on any atom is 0.159 e. The monoisotopic (exact) mass is 445 g/mol. The van der Waals surface area contributed by atoms with Crippen LogP contribution in [0.5, 0.6) is 5.75 Å². The molecule has 0 spiro atoms. The molecular formula is C25H31N7O. The van der Waals surface area contributed by atoms with Gasteiger partial charge in [-0.3, -0.25) is 5.10 Å². The molecule has 0 radical (unpaired) electrons. The number of anilines is 1. The molecule has 8 nitrogen and oxygen atoms in total. The summed E-state index contributed by atoms with van der Waals surface area (Å²) in [6, 6.07) is 12.6. The lowest BCUT2D eigenvalue weighted by Gasteiger charge is -2.34. The molecule has 1 atom stereocenters. The number of likely N-dealkylation sites (N-methyl/N-ethyl adjacent to an activating group) is 2. The normalized spacial score (nSPS) is 20.7. The molecule has 0 amide bonds. The van der Waals surface area contributed by atoms with Crippen LogP contribution >= 0.6 is 0 Å². The van der Waals surface area contributed by atoms with Crippen LogP contribution in [0.25, 0.3) is 33.5 Å². The highest BCUT2D eigenvalue weighted by molar-refractivity contribution is 5.94. The van der Waals surface area contributed by atoms with Gasteiger partial charge in [-0.15, -0.1) is 0 Å². The Bertz CT molecular complexity index is 1270. The average molecular weight is 446 g/mol. The zero-order chi connectivity index (χ0) is 22.4. The predicted octanol–water partition coefficient (Wildman–Crippen LogP) is 3.33. The van der Waals surface area contributed by atoms with E-state index in [4.69, 9.17) is 9.72 Å². The van der Waals surface area contributed by atoms with E-state index in [0.29, 0.717) is 0 Å². The van der Waals surface area contributed by atoms with Gasteiger partial charge in [0.2, 0.25) is 0 Å². The van der Waals surface area contributed by atoms with E-state index in [1.165, 1.54) is 12.1 Å². The van der Waals surface area contributed by atoms with Crippen molar-refractivity contribution in [2.45, 2.75) is 18.9 Å². The number of fused-ring (bicyclic) bond motifs is 2. The number of nitrogens with zero attached hydrogens (tertiary/aromatic N) is 5. The molecule has 8 heteroatoms. The Labute approximate surface area is 193 Å². The highest BCUT2D eigenvalue weighted by atomic mass is 16.5. The number of imidazole rings is 1. The maximum atomic E-state index is 6.32. The second kappa shape index (κ2) is 8.35. The van der Waals surface area contributed by atoms with Crippen LogP contribution in [-0.4, -0.2) is 89.4 Å². The van der Waals surface area contributed by atoms with Crippen LogP contribution in [0.2, 0.25) is 0 Å². The Kier molecular flexibility index (Phi) is 5.19. The van der Waals surface area contributed by atoms with Crippen molar-refractivity contribution in [3.63, 3.8) is 0 Å². The molecule has 33 heavy (non-hydrogen) atoms. The fourth-order valence-corrected chi connectivity index (χ4v) is 5.03. The zero-order valence-corrected chi connectivity index (χ0v) is 19.3. The second-order valence-electron chi connectivity index (χ2n) is 9.50. The van der Waals surface area contributed by atoms with Crippen LogP contribution < -0.4 is 9.64 Å². The number of likely N-dealkylation sites (tertiary alicyclic amines) is 1. The summed E-state index contributed by atoms with van der Waals surface area (Å²) in [6.07, 6.45) is 2.51. The standard InChI is InChI=1S/C25H31N7O/c1-30-10-12-32(13-11-30)17-5-7-22-23(14-17)27-25(26-22)24-20-15-18(6-8-21(20)28-29-24)33-19-4-3-9-31(2)16-19/h5-8,14-15,19H,3-4,9-13,16H2,1-2H3,(H,26,27)(H,28,29). The molecule has 6 rings (SSSR count). The lowest BCUT2D eigenvalue weighted by Crippen LogP contribution is -2.44. The van der Waals surface area contributed by atoms with Crippen LogP contribution in [0, 0.1) is 0 Å². The molecule has 2 saturated heterocycles. The molecule has 0 saturated carbocycles. The van der Waals surface area contributed by atoms with Crippen molar-refractivity contribution < 1.29 is 4.74 Å². The smallest absolute Gasteiger partial charge is 0.159 e. The van der Waals surface area contributed by atoms with E-state index in [1.807, 2.05) is 12.1 Å². The summed E-state index contributed by atoms with van der Waals surface area (Å²) < 4.78 is 6.32. The summed E-state index contributed by atoms with van der Waals surface area (Å²) in [5, 5.41) is 8.76. The molecule has 1 unspecified atom stereocenters. The molecule has 2 aromatic heterocycles. The number of piperazine rings is 1. The molecule has 2 fully saturated rings. The van der Waals surface area contributed by atoms with Crippen LogP contribution in [0.15, 0.2) is 36.4 Å². The number of aromatic amines is 2. The van der Waals surface area contributed by atoms with Crippen molar-refractivity contribution in [3.8, 4) is 17.3 Å². The van der Waals surface area contributed by atoms with Gasteiger partial charge in [0.15, 0.2) is 5.82 Å². The molecule has 0 aliphatic carbocycles. The predicted molar refractivity (Wildman–Crippen MR) is 132 cm³/mol.